The second-order valence-electron chi connectivity index (χ2n) is 6.08. The van der Waals surface area contributed by atoms with Crippen molar-refractivity contribution in [2.24, 2.45) is 0 Å². The Morgan fingerprint density at radius 2 is 1.54 bits per heavy atom. The van der Waals surface area contributed by atoms with Gasteiger partial charge in [0.1, 0.15) is 5.75 Å². The van der Waals surface area contributed by atoms with Crippen LogP contribution in [0.5, 0.6) is 5.75 Å². The number of carbonyl (C=O) groups is 3. The van der Waals surface area contributed by atoms with Crippen LogP contribution in [-0.4, -0.2) is 30.0 Å². The van der Waals surface area contributed by atoms with Crippen LogP contribution in [0.15, 0.2) is 53.4 Å². The molecule has 2 aromatic rings. The Morgan fingerprint density at radius 1 is 0.893 bits per heavy atom. The molecule has 0 bridgehead atoms. The molecule has 6 nitrogen and oxygen atoms in total. The number of ether oxygens (including phenoxy) is 1. The molecule has 0 aromatic heterocycles. The highest BCUT2D eigenvalue weighted by Gasteiger charge is 2.10. The number of thioether (sulfide) groups is 1. The van der Waals surface area contributed by atoms with E-state index in [1.165, 1.54) is 11.8 Å². The van der Waals surface area contributed by atoms with E-state index >= 15 is 0 Å². The Bertz CT molecular complexity index is 804. The van der Waals surface area contributed by atoms with Crippen LogP contribution < -0.4 is 15.6 Å². The van der Waals surface area contributed by atoms with Gasteiger partial charge in [-0.2, -0.15) is 0 Å². The molecule has 2 N–H and O–H groups in total. The minimum Gasteiger partial charge on any atom is -0.494 e. The normalized spacial score (nSPS) is 10.2. The second-order valence-corrected chi connectivity index (χ2v) is 7.13. The van der Waals surface area contributed by atoms with Gasteiger partial charge in [-0.1, -0.05) is 17.7 Å². The predicted octanol–water partition coefficient (Wildman–Crippen LogP) is 3.30. The molecule has 0 heterocycles. The number of amides is 2. The molecule has 0 radical (unpaired) electrons. The minimum absolute atomic E-state index is 0.00255. The van der Waals surface area contributed by atoms with Crippen molar-refractivity contribution in [3.63, 3.8) is 0 Å². The van der Waals surface area contributed by atoms with E-state index in [2.05, 4.69) is 10.9 Å². The Hall–Kier alpha value is -2.80. The summed E-state index contributed by atoms with van der Waals surface area (Å²) in [4.78, 5) is 36.7. The fourth-order valence-electron chi connectivity index (χ4n) is 2.30. The molecule has 7 heteroatoms. The summed E-state index contributed by atoms with van der Waals surface area (Å²) in [7, 11) is 0. The summed E-state index contributed by atoms with van der Waals surface area (Å²) in [5.41, 5.74) is 6.37. The molecule has 0 atom stereocenters. The van der Waals surface area contributed by atoms with Gasteiger partial charge in [0.25, 0.3) is 0 Å². The highest BCUT2D eigenvalue weighted by molar-refractivity contribution is 8.00. The second kappa shape index (κ2) is 11.1. The smallest absolute Gasteiger partial charge is 0.248 e. The van der Waals surface area contributed by atoms with Crippen LogP contribution >= 0.6 is 11.8 Å². The van der Waals surface area contributed by atoms with Crippen molar-refractivity contribution < 1.29 is 19.1 Å². The lowest BCUT2D eigenvalue weighted by Crippen LogP contribution is -2.42. The number of nitrogens with one attached hydrogen (secondary N) is 2. The summed E-state index contributed by atoms with van der Waals surface area (Å²) < 4.78 is 5.33. The van der Waals surface area contributed by atoms with Gasteiger partial charge in [-0.25, -0.2) is 0 Å². The number of hydrogen-bond acceptors (Lipinski definition) is 5. The first-order valence-corrected chi connectivity index (χ1v) is 9.99. The third-order valence-corrected chi connectivity index (χ3v) is 4.81. The summed E-state index contributed by atoms with van der Waals surface area (Å²) in [5.74, 6) is 0.0289. The molecule has 2 amide bonds. The maximum absolute atomic E-state index is 12.1. The van der Waals surface area contributed by atoms with Crippen molar-refractivity contribution in [2.45, 2.75) is 31.6 Å². The molecule has 0 fully saturated rings. The van der Waals surface area contributed by atoms with Crippen molar-refractivity contribution in [3.8, 4) is 5.75 Å². The maximum Gasteiger partial charge on any atom is 0.248 e. The van der Waals surface area contributed by atoms with Gasteiger partial charge in [0.15, 0.2) is 5.78 Å². The summed E-state index contributed by atoms with van der Waals surface area (Å²) in [6, 6.07) is 14.6. The molecule has 2 aromatic carbocycles. The van der Waals surface area contributed by atoms with E-state index in [4.69, 9.17) is 4.74 Å². The molecule has 0 aliphatic rings. The quantitative estimate of drug-likeness (QED) is 0.383. The lowest BCUT2D eigenvalue weighted by Gasteiger charge is -2.08. The Kier molecular flexibility index (Phi) is 8.55. The maximum atomic E-state index is 12.1. The summed E-state index contributed by atoms with van der Waals surface area (Å²) in [5, 5.41) is 0. The van der Waals surface area contributed by atoms with Crippen LogP contribution in [0.3, 0.4) is 0 Å². The fraction of sp³-hybridized carbons (Fsp3) is 0.286. The highest BCUT2D eigenvalue weighted by Crippen LogP contribution is 2.17. The summed E-state index contributed by atoms with van der Waals surface area (Å²) in [6.07, 6.45) is 0.0607. The van der Waals surface area contributed by atoms with Crippen LogP contribution in [0.25, 0.3) is 0 Å². The van der Waals surface area contributed by atoms with E-state index < -0.39 is 5.91 Å². The van der Waals surface area contributed by atoms with Crippen molar-refractivity contribution in [1.82, 2.24) is 10.9 Å². The van der Waals surface area contributed by atoms with E-state index in [0.717, 1.165) is 10.5 Å². The van der Waals surface area contributed by atoms with Gasteiger partial charge in [-0.3, -0.25) is 25.2 Å². The van der Waals surface area contributed by atoms with Crippen LogP contribution in [0.1, 0.15) is 35.7 Å². The zero-order chi connectivity index (χ0) is 20.4. The topological polar surface area (TPSA) is 84.5 Å². The number of ketones is 1. The third-order valence-electron chi connectivity index (χ3n) is 3.80. The first-order chi connectivity index (χ1) is 13.5. The largest absolute Gasteiger partial charge is 0.494 e. The lowest BCUT2D eigenvalue weighted by atomic mass is 10.1. The summed E-state index contributed by atoms with van der Waals surface area (Å²) >= 11 is 1.38. The van der Waals surface area contributed by atoms with Gasteiger partial charge < -0.3 is 4.74 Å². The predicted molar refractivity (Wildman–Crippen MR) is 109 cm³/mol. The molecule has 28 heavy (non-hydrogen) atoms. The molecule has 0 aliphatic heterocycles. The zero-order valence-corrected chi connectivity index (χ0v) is 16.8. The van der Waals surface area contributed by atoms with Crippen LogP contribution in [0.2, 0.25) is 0 Å². The number of hydrazine groups is 1. The number of rotatable bonds is 9. The van der Waals surface area contributed by atoms with Gasteiger partial charge in [0, 0.05) is 23.3 Å². The van der Waals surface area contributed by atoms with Gasteiger partial charge in [0.2, 0.25) is 11.8 Å². The molecule has 0 aliphatic carbocycles. The Labute approximate surface area is 169 Å². The monoisotopic (exact) mass is 400 g/mol. The van der Waals surface area contributed by atoms with Crippen molar-refractivity contribution >= 4 is 29.4 Å². The molecule has 0 saturated carbocycles. The molecule has 0 spiro atoms. The minimum atomic E-state index is -0.409. The average molecular weight is 401 g/mol. The Balaban J connectivity index is 1.66. The zero-order valence-electron chi connectivity index (χ0n) is 16.0. The first kappa shape index (κ1) is 21.5. The van der Waals surface area contributed by atoms with Crippen molar-refractivity contribution in [1.29, 1.82) is 0 Å². The van der Waals surface area contributed by atoms with E-state index in [0.29, 0.717) is 17.9 Å². The molecule has 0 unspecified atom stereocenters. The molecular formula is C21H24N2O4S. The molecular weight excluding hydrogens is 376 g/mol. The number of Topliss-reactive ketones (excluding diaryl/α,β-unsaturated/α-hetero) is 1. The van der Waals surface area contributed by atoms with E-state index in [9.17, 15) is 14.4 Å². The number of carbonyl (C=O) groups excluding carboxylic acids is 3. The summed E-state index contributed by atoms with van der Waals surface area (Å²) in [6.45, 7) is 4.44. The van der Waals surface area contributed by atoms with E-state index in [-0.39, 0.29) is 30.3 Å². The molecule has 148 valence electrons. The van der Waals surface area contributed by atoms with Gasteiger partial charge in [-0.05, 0) is 50.2 Å². The standard InChI is InChI=1S/C21H24N2O4S/c1-3-27-17-8-6-16(7-9-17)19(24)12-13-20(25)22-23-21(26)14-28-18-10-4-15(2)5-11-18/h4-11H,3,12-14H2,1-2H3,(H,22,25)(H,23,26). The molecule has 2 rings (SSSR count). The van der Waals surface area contributed by atoms with Crippen molar-refractivity contribution in [2.75, 3.05) is 12.4 Å². The van der Waals surface area contributed by atoms with Crippen LogP contribution in [-0.2, 0) is 9.59 Å². The van der Waals surface area contributed by atoms with E-state index in [1.807, 2.05) is 38.1 Å². The lowest BCUT2D eigenvalue weighted by molar-refractivity contribution is -0.127. The van der Waals surface area contributed by atoms with Gasteiger partial charge >= 0.3 is 0 Å². The SMILES string of the molecule is CCOc1ccc(C(=O)CCC(=O)NNC(=O)CSc2ccc(C)cc2)cc1. The molecule has 0 saturated heterocycles. The van der Waals surface area contributed by atoms with Crippen molar-refractivity contribution in [3.05, 3.63) is 59.7 Å². The highest BCUT2D eigenvalue weighted by atomic mass is 32.2. The first-order valence-electron chi connectivity index (χ1n) is 9.01. The van der Waals surface area contributed by atoms with E-state index in [1.54, 1.807) is 24.3 Å². The van der Waals surface area contributed by atoms with Crippen LogP contribution in [0, 0.1) is 6.92 Å². The van der Waals surface area contributed by atoms with Gasteiger partial charge in [-0.15, -0.1) is 11.8 Å². The van der Waals surface area contributed by atoms with Crippen LogP contribution in [0.4, 0.5) is 0 Å². The Morgan fingerprint density at radius 3 is 2.18 bits per heavy atom. The average Bonchev–Trinajstić information content (AvgIpc) is 2.71. The third kappa shape index (κ3) is 7.44. The fourth-order valence-corrected chi connectivity index (χ4v) is 2.99. The number of benzene rings is 2. The number of hydrogen-bond donors (Lipinski definition) is 2. The van der Waals surface area contributed by atoms with Gasteiger partial charge in [0.05, 0.1) is 12.4 Å². The number of aryl methyl sites for hydroxylation is 1.